The second kappa shape index (κ2) is 11.0. The van der Waals surface area contributed by atoms with Gasteiger partial charge in [-0.15, -0.1) is 0 Å². The Balaban J connectivity index is 1.17. The number of carbonyl (C=O) groups is 2. The monoisotopic (exact) mass is 551 g/mol. The first-order chi connectivity index (χ1) is 19.7. The third kappa shape index (κ3) is 5.81. The summed E-state index contributed by atoms with van der Waals surface area (Å²) in [6, 6.07) is 16.3. The molecule has 3 amide bonds. The highest BCUT2D eigenvalue weighted by Gasteiger charge is 2.33. The Kier molecular flexibility index (Phi) is 7.21. The van der Waals surface area contributed by atoms with E-state index in [-0.39, 0.29) is 29.6 Å². The number of fused-ring (bicyclic) bond motifs is 1. The third-order valence-corrected chi connectivity index (χ3v) is 7.82. The molecular weight excluding hydrogens is 514 g/mol. The van der Waals surface area contributed by atoms with Gasteiger partial charge in [0.05, 0.1) is 24.0 Å². The maximum Gasteiger partial charge on any atom is 0.318 e. The van der Waals surface area contributed by atoms with Crippen molar-refractivity contribution < 1.29 is 9.59 Å². The molecule has 2 unspecified atom stereocenters. The first kappa shape index (κ1) is 27.0. The molecule has 6 rings (SSSR count). The van der Waals surface area contributed by atoms with Crippen molar-refractivity contribution in [1.82, 2.24) is 30.5 Å². The summed E-state index contributed by atoms with van der Waals surface area (Å²) < 4.78 is 0. The second-order valence-corrected chi connectivity index (χ2v) is 12.0. The lowest BCUT2D eigenvalue weighted by Gasteiger charge is -2.28. The van der Waals surface area contributed by atoms with Crippen LogP contribution in [0.25, 0.3) is 33.2 Å². The van der Waals surface area contributed by atoms with Gasteiger partial charge in [0.2, 0.25) is 5.91 Å². The molecule has 2 saturated heterocycles. The number of nitrogens with zero attached hydrogens (tertiary/aromatic N) is 3. The molecule has 2 aromatic heterocycles. The fourth-order valence-corrected chi connectivity index (χ4v) is 5.75. The zero-order valence-electron chi connectivity index (χ0n) is 23.8. The summed E-state index contributed by atoms with van der Waals surface area (Å²) in [7, 11) is 0. The van der Waals surface area contributed by atoms with Crippen molar-refractivity contribution in [3.05, 3.63) is 66.7 Å². The van der Waals surface area contributed by atoms with Crippen LogP contribution in [0.5, 0.6) is 0 Å². The van der Waals surface area contributed by atoms with Gasteiger partial charge in [-0.3, -0.25) is 4.79 Å². The van der Waals surface area contributed by atoms with Crippen molar-refractivity contribution in [1.29, 1.82) is 0 Å². The van der Waals surface area contributed by atoms with E-state index in [9.17, 15) is 9.59 Å². The fraction of sp³-hybridized carbons (Fsp3) is 0.375. The Bertz CT molecular complexity index is 1570. The average Bonchev–Trinajstić information content (AvgIpc) is 3.74. The Morgan fingerprint density at radius 2 is 1.73 bits per heavy atom. The topological polar surface area (TPSA) is 115 Å². The molecule has 4 N–H and O–H groups in total. The summed E-state index contributed by atoms with van der Waals surface area (Å²) in [5.41, 5.74) is 3.85. The van der Waals surface area contributed by atoms with Crippen molar-refractivity contribution in [2.45, 2.75) is 64.1 Å². The van der Waals surface area contributed by atoms with Gasteiger partial charge in [-0.2, -0.15) is 0 Å². The van der Waals surface area contributed by atoms with E-state index in [0.29, 0.717) is 5.82 Å². The van der Waals surface area contributed by atoms with Gasteiger partial charge in [-0.25, -0.2) is 14.8 Å². The van der Waals surface area contributed by atoms with Crippen molar-refractivity contribution >= 4 is 28.5 Å². The Hall–Kier alpha value is -4.24. The van der Waals surface area contributed by atoms with Gasteiger partial charge >= 0.3 is 6.03 Å². The summed E-state index contributed by atoms with van der Waals surface area (Å²) >= 11 is 0. The molecule has 41 heavy (non-hydrogen) atoms. The van der Waals surface area contributed by atoms with Gasteiger partial charge in [-0.1, -0.05) is 36.4 Å². The average molecular weight is 552 g/mol. The highest BCUT2D eigenvalue weighted by molar-refractivity contribution is 6.03. The molecule has 4 aromatic rings. The van der Waals surface area contributed by atoms with Gasteiger partial charge in [0.25, 0.3) is 0 Å². The number of amides is 3. The standard InChI is InChI=1S/C32H37N7O2/c1-32(2,3)38-31(41)39-17-5-7-27(39)29-35-19-26(36-29)21-10-8-20(9-11-21)22-12-13-24-23(18-22)14-16-34-28(24)37-30(40)25-6-4-15-33-25/h8-14,16,18-19,25,27,33H,4-7,15,17H2,1-3H3,(H,35,36)(H,38,41)(H,34,37,40). The number of anilines is 1. The highest BCUT2D eigenvalue weighted by atomic mass is 16.2. The number of H-pyrrole nitrogens is 1. The van der Waals surface area contributed by atoms with E-state index in [0.717, 1.165) is 77.8 Å². The van der Waals surface area contributed by atoms with Gasteiger partial charge in [-0.05, 0) is 87.2 Å². The van der Waals surface area contributed by atoms with Crippen LogP contribution in [0.1, 0.15) is 58.3 Å². The Morgan fingerprint density at radius 1 is 0.951 bits per heavy atom. The van der Waals surface area contributed by atoms with Crippen molar-refractivity contribution in [2.24, 2.45) is 0 Å². The number of likely N-dealkylation sites (tertiary alicyclic amines) is 1. The number of rotatable bonds is 5. The van der Waals surface area contributed by atoms with Crippen LogP contribution in [0.3, 0.4) is 0 Å². The van der Waals surface area contributed by atoms with Crippen molar-refractivity contribution in [3.63, 3.8) is 0 Å². The van der Waals surface area contributed by atoms with E-state index < -0.39 is 0 Å². The van der Waals surface area contributed by atoms with E-state index >= 15 is 0 Å². The summed E-state index contributed by atoms with van der Waals surface area (Å²) in [6.07, 6.45) is 7.30. The fourth-order valence-electron chi connectivity index (χ4n) is 5.75. The minimum Gasteiger partial charge on any atom is -0.340 e. The SMILES string of the molecule is CC(C)(C)NC(=O)N1CCCC1c1ncc(-c2ccc(-c3ccc4c(NC(=O)C5CCCN5)nccc4c3)cc2)[nH]1. The van der Waals surface area contributed by atoms with Gasteiger partial charge < -0.3 is 25.8 Å². The van der Waals surface area contributed by atoms with Crippen LogP contribution >= 0.6 is 0 Å². The first-order valence-electron chi connectivity index (χ1n) is 14.4. The molecule has 2 aliphatic heterocycles. The summed E-state index contributed by atoms with van der Waals surface area (Å²) in [4.78, 5) is 39.9. The lowest BCUT2D eigenvalue weighted by molar-refractivity contribution is -0.117. The van der Waals surface area contributed by atoms with Gasteiger partial charge in [0.1, 0.15) is 11.6 Å². The number of hydrogen-bond donors (Lipinski definition) is 4. The summed E-state index contributed by atoms with van der Waals surface area (Å²) in [5, 5.41) is 11.3. The molecule has 0 saturated carbocycles. The lowest BCUT2D eigenvalue weighted by Crippen LogP contribution is -2.48. The van der Waals surface area contributed by atoms with Crippen LogP contribution in [-0.2, 0) is 4.79 Å². The van der Waals surface area contributed by atoms with E-state index in [1.807, 2.05) is 44.0 Å². The van der Waals surface area contributed by atoms with Crippen LogP contribution in [0.2, 0.25) is 0 Å². The Labute approximate surface area is 240 Å². The molecule has 0 radical (unpaired) electrons. The molecule has 2 fully saturated rings. The Morgan fingerprint density at radius 3 is 2.49 bits per heavy atom. The molecule has 0 spiro atoms. The number of carbonyl (C=O) groups excluding carboxylic acids is 2. The normalized spacial score (nSPS) is 19.0. The third-order valence-electron chi connectivity index (χ3n) is 7.82. The molecule has 2 aromatic carbocycles. The number of benzene rings is 2. The minimum atomic E-state index is -0.285. The number of urea groups is 1. The predicted molar refractivity (Wildman–Crippen MR) is 161 cm³/mol. The lowest BCUT2D eigenvalue weighted by atomic mass is 10.00. The van der Waals surface area contributed by atoms with E-state index in [1.54, 1.807) is 6.20 Å². The van der Waals surface area contributed by atoms with Crippen LogP contribution in [0, 0.1) is 0 Å². The van der Waals surface area contributed by atoms with Crippen LogP contribution in [-0.4, -0.2) is 56.5 Å². The molecule has 2 atom stereocenters. The quantitative estimate of drug-likeness (QED) is 0.257. The van der Waals surface area contributed by atoms with Gasteiger partial charge in [0.15, 0.2) is 0 Å². The summed E-state index contributed by atoms with van der Waals surface area (Å²) in [6.45, 7) is 7.58. The van der Waals surface area contributed by atoms with Crippen LogP contribution in [0.15, 0.2) is 60.9 Å². The molecule has 212 valence electrons. The van der Waals surface area contributed by atoms with E-state index in [2.05, 4.69) is 67.3 Å². The number of aromatic amines is 1. The smallest absolute Gasteiger partial charge is 0.318 e. The minimum absolute atomic E-state index is 0.0297. The van der Waals surface area contributed by atoms with E-state index in [1.165, 1.54) is 0 Å². The molecule has 0 aliphatic carbocycles. The number of pyridine rings is 1. The van der Waals surface area contributed by atoms with E-state index in [4.69, 9.17) is 0 Å². The van der Waals surface area contributed by atoms with Crippen molar-refractivity contribution in [2.75, 3.05) is 18.4 Å². The zero-order chi connectivity index (χ0) is 28.6. The number of aromatic nitrogens is 3. The number of imidazole rings is 1. The molecule has 9 heteroatoms. The number of nitrogens with one attached hydrogen (secondary N) is 4. The second-order valence-electron chi connectivity index (χ2n) is 12.0. The molecule has 0 bridgehead atoms. The van der Waals surface area contributed by atoms with Crippen LogP contribution < -0.4 is 16.0 Å². The van der Waals surface area contributed by atoms with Crippen molar-refractivity contribution in [3.8, 4) is 22.4 Å². The zero-order valence-corrected chi connectivity index (χ0v) is 23.8. The molecule has 4 heterocycles. The number of hydrogen-bond acceptors (Lipinski definition) is 5. The molecule has 9 nitrogen and oxygen atoms in total. The largest absolute Gasteiger partial charge is 0.340 e. The first-order valence-corrected chi connectivity index (χ1v) is 14.4. The van der Waals surface area contributed by atoms with Crippen LogP contribution in [0.4, 0.5) is 10.6 Å². The highest BCUT2D eigenvalue weighted by Crippen LogP contribution is 2.33. The maximum atomic E-state index is 12.8. The predicted octanol–water partition coefficient (Wildman–Crippen LogP) is 5.63. The maximum absolute atomic E-state index is 12.8. The van der Waals surface area contributed by atoms with Gasteiger partial charge in [0, 0.05) is 23.7 Å². The summed E-state index contributed by atoms with van der Waals surface area (Å²) in [5.74, 6) is 1.38. The molecule has 2 aliphatic rings. The molecular formula is C32H37N7O2.